The second-order valence-corrected chi connectivity index (χ2v) is 7.34. The number of amides is 1. The lowest BCUT2D eigenvalue weighted by Gasteiger charge is -2.34. The number of hydrogen-bond acceptors (Lipinski definition) is 3. The number of nitrogens with zero attached hydrogens (tertiary/aromatic N) is 3. The Hall–Kier alpha value is -3.08. The highest BCUT2D eigenvalue weighted by Crippen LogP contribution is 2.28. The van der Waals surface area contributed by atoms with Crippen LogP contribution in [-0.4, -0.2) is 33.0 Å². The van der Waals surface area contributed by atoms with Gasteiger partial charge in [-0.2, -0.15) is 5.10 Å². The molecule has 4 rings (SSSR count). The molecule has 3 aromatic rings. The van der Waals surface area contributed by atoms with Crippen LogP contribution in [0.5, 0.6) is 0 Å². The van der Waals surface area contributed by atoms with Crippen molar-refractivity contribution in [3.63, 3.8) is 0 Å². The predicted octanol–water partition coefficient (Wildman–Crippen LogP) is 4.39. The number of pyridine rings is 1. The minimum Gasteiger partial charge on any atom is -0.399 e. The predicted molar refractivity (Wildman–Crippen MR) is 114 cm³/mol. The maximum atomic E-state index is 12.9. The van der Waals surface area contributed by atoms with Crippen LogP contribution in [0.2, 0.25) is 0 Å². The fourth-order valence-electron chi connectivity index (χ4n) is 4.00. The monoisotopic (exact) mass is 374 g/mol. The van der Waals surface area contributed by atoms with Gasteiger partial charge in [-0.25, -0.2) is 4.52 Å². The first kappa shape index (κ1) is 18.3. The fraction of sp³-hybridized carbons (Fsp3) is 0.304. The van der Waals surface area contributed by atoms with Crippen LogP contribution in [0.15, 0.2) is 54.7 Å². The number of fused-ring (bicyclic) bond motifs is 1. The Morgan fingerprint density at radius 3 is 2.82 bits per heavy atom. The summed E-state index contributed by atoms with van der Waals surface area (Å²) in [6.45, 7) is 3.01. The number of benzene rings is 1. The van der Waals surface area contributed by atoms with E-state index >= 15 is 0 Å². The van der Waals surface area contributed by atoms with Crippen molar-refractivity contribution in [1.29, 1.82) is 0 Å². The number of hydrogen-bond donors (Lipinski definition) is 1. The Balaban J connectivity index is 1.71. The van der Waals surface area contributed by atoms with E-state index in [0.29, 0.717) is 6.04 Å². The van der Waals surface area contributed by atoms with Crippen LogP contribution in [0, 0.1) is 0 Å². The standard InChI is InChI=1S/C23H26N4O/c1-2-19-7-3-5-15-26(19)22(28)14-13-20-21-8-4-6-16-27(21)25-23(20)17-9-11-18(24)12-10-17/h4,6,8-14,16,19H,2-3,5,7,15,24H2,1H3. The summed E-state index contributed by atoms with van der Waals surface area (Å²) in [4.78, 5) is 14.9. The van der Waals surface area contributed by atoms with Crippen molar-refractivity contribution in [2.24, 2.45) is 0 Å². The minimum absolute atomic E-state index is 0.0880. The normalized spacial score (nSPS) is 17.5. The van der Waals surface area contributed by atoms with Gasteiger partial charge in [-0.3, -0.25) is 4.79 Å². The van der Waals surface area contributed by atoms with Crippen molar-refractivity contribution in [2.75, 3.05) is 12.3 Å². The smallest absolute Gasteiger partial charge is 0.246 e. The van der Waals surface area contributed by atoms with E-state index in [4.69, 9.17) is 10.8 Å². The first-order valence-corrected chi connectivity index (χ1v) is 9.99. The first-order valence-electron chi connectivity index (χ1n) is 9.99. The van der Waals surface area contributed by atoms with Gasteiger partial charge in [0.05, 0.1) is 5.52 Å². The van der Waals surface area contributed by atoms with Gasteiger partial charge in [0.25, 0.3) is 0 Å². The molecule has 1 saturated heterocycles. The highest BCUT2D eigenvalue weighted by Gasteiger charge is 2.24. The molecule has 5 heteroatoms. The third kappa shape index (κ3) is 3.52. The molecule has 0 saturated carbocycles. The van der Waals surface area contributed by atoms with Crippen LogP contribution in [0.4, 0.5) is 5.69 Å². The van der Waals surface area contributed by atoms with Gasteiger partial charge >= 0.3 is 0 Å². The number of nitrogens with two attached hydrogens (primary N) is 1. The summed E-state index contributed by atoms with van der Waals surface area (Å²) in [5.74, 6) is 0.0880. The molecule has 28 heavy (non-hydrogen) atoms. The first-order chi connectivity index (χ1) is 13.7. The summed E-state index contributed by atoms with van der Waals surface area (Å²) in [5, 5.41) is 4.73. The molecule has 0 aliphatic carbocycles. The van der Waals surface area contributed by atoms with E-state index < -0.39 is 0 Å². The third-order valence-electron chi connectivity index (χ3n) is 5.54. The molecular formula is C23H26N4O. The molecule has 2 N–H and O–H groups in total. The molecule has 1 unspecified atom stereocenters. The van der Waals surface area contributed by atoms with Gasteiger partial charge in [0.2, 0.25) is 5.91 Å². The highest BCUT2D eigenvalue weighted by molar-refractivity contribution is 5.95. The number of aromatic nitrogens is 2. The number of anilines is 1. The average Bonchev–Trinajstić information content (AvgIpc) is 3.11. The molecule has 1 fully saturated rings. The Morgan fingerprint density at radius 2 is 2.04 bits per heavy atom. The van der Waals surface area contributed by atoms with E-state index in [1.54, 1.807) is 6.08 Å². The van der Waals surface area contributed by atoms with E-state index in [0.717, 1.165) is 53.8 Å². The molecule has 0 radical (unpaired) electrons. The van der Waals surface area contributed by atoms with E-state index in [1.165, 1.54) is 6.42 Å². The highest BCUT2D eigenvalue weighted by atomic mass is 16.2. The van der Waals surface area contributed by atoms with Gasteiger partial charge in [-0.05, 0) is 56.0 Å². The maximum absolute atomic E-state index is 12.9. The summed E-state index contributed by atoms with van der Waals surface area (Å²) >= 11 is 0. The lowest BCUT2D eigenvalue weighted by molar-refractivity contribution is -0.129. The SMILES string of the molecule is CCC1CCCCN1C(=O)C=Cc1c(-c2ccc(N)cc2)nn2ccccc12. The van der Waals surface area contributed by atoms with Crippen molar-refractivity contribution >= 4 is 23.2 Å². The number of carbonyl (C=O) groups is 1. The van der Waals surface area contributed by atoms with Crippen molar-refractivity contribution in [3.05, 3.63) is 60.3 Å². The average molecular weight is 374 g/mol. The maximum Gasteiger partial charge on any atom is 0.246 e. The Labute approximate surface area is 165 Å². The van der Waals surface area contributed by atoms with Gasteiger partial charge < -0.3 is 10.6 Å². The van der Waals surface area contributed by atoms with Gasteiger partial charge in [0, 0.05) is 41.7 Å². The molecule has 3 heterocycles. The lowest BCUT2D eigenvalue weighted by atomic mass is 9.99. The Bertz CT molecular complexity index is 1000. The van der Waals surface area contributed by atoms with Gasteiger partial charge in [0.15, 0.2) is 0 Å². The van der Waals surface area contributed by atoms with Crippen LogP contribution in [0.1, 0.15) is 38.2 Å². The van der Waals surface area contributed by atoms with Crippen molar-refractivity contribution in [2.45, 2.75) is 38.6 Å². The van der Waals surface area contributed by atoms with Crippen LogP contribution < -0.4 is 5.73 Å². The van der Waals surface area contributed by atoms with Gasteiger partial charge in [-0.15, -0.1) is 0 Å². The molecule has 1 amide bonds. The largest absolute Gasteiger partial charge is 0.399 e. The number of nitrogen functional groups attached to an aromatic ring is 1. The molecule has 1 aromatic carbocycles. The van der Waals surface area contributed by atoms with Crippen LogP contribution >= 0.6 is 0 Å². The quantitative estimate of drug-likeness (QED) is 0.544. The van der Waals surface area contributed by atoms with Crippen LogP contribution in [0.3, 0.4) is 0 Å². The van der Waals surface area contributed by atoms with E-state index in [1.807, 2.05) is 64.2 Å². The fourth-order valence-corrected chi connectivity index (χ4v) is 4.00. The van der Waals surface area contributed by atoms with Crippen LogP contribution in [-0.2, 0) is 4.79 Å². The molecule has 0 spiro atoms. The minimum atomic E-state index is 0.0880. The molecule has 1 atom stereocenters. The molecule has 5 nitrogen and oxygen atoms in total. The molecular weight excluding hydrogens is 348 g/mol. The summed E-state index contributed by atoms with van der Waals surface area (Å²) in [5.41, 5.74) is 10.3. The second kappa shape index (κ2) is 7.89. The molecule has 2 aromatic heterocycles. The Morgan fingerprint density at radius 1 is 1.21 bits per heavy atom. The molecule has 1 aliphatic rings. The van der Waals surface area contributed by atoms with Crippen LogP contribution in [0.25, 0.3) is 22.9 Å². The Kier molecular flexibility index (Phi) is 5.15. The van der Waals surface area contributed by atoms with E-state index in [-0.39, 0.29) is 5.91 Å². The van der Waals surface area contributed by atoms with Gasteiger partial charge in [-0.1, -0.05) is 25.1 Å². The zero-order valence-corrected chi connectivity index (χ0v) is 16.2. The summed E-state index contributed by atoms with van der Waals surface area (Å²) in [6, 6.07) is 14.0. The topological polar surface area (TPSA) is 63.6 Å². The number of rotatable bonds is 4. The van der Waals surface area contributed by atoms with E-state index in [2.05, 4.69) is 6.92 Å². The summed E-state index contributed by atoms with van der Waals surface area (Å²) < 4.78 is 1.85. The molecule has 0 bridgehead atoms. The number of likely N-dealkylation sites (tertiary alicyclic amines) is 1. The second-order valence-electron chi connectivity index (χ2n) is 7.34. The van der Waals surface area contributed by atoms with E-state index in [9.17, 15) is 4.79 Å². The third-order valence-corrected chi connectivity index (χ3v) is 5.54. The van der Waals surface area contributed by atoms with Crippen molar-refractivity contribution < 1.29 is 4.79 Å². The molecule has 1 aliphatic heterocycles. The van der Waals surface area contributed by atoms with Crippen molar-refractivity contribution in [3.8, 4) is 11.3 Å². The number of piperidine rings is 1. The number of carbonyl (C=O) groups excluding carboxylic acids is 1. The lowest BCUT2D eigenvalue weighted by Crippen LogP contribution is -2.42. The van der Waals surface area contributed by atoms with Crippen molar-refractivity contribution in [1.82, 2.24) is 14.5 Å². The van der Waals surface area contributed by atoms with Gasteiger partial charge in [0.1, 0.15) is 5.69 Å². The zero-order valence-electron chi connectivity index (χ0n) is 16.2. The molecule has 144 valence electrons. The zero-order chi connectivity index (χ0) is 19.5. The summed E-state index contributed by atoms with van der Waals surface area (Å²) in [6.07, 6.45) is 9.95. The summed E-state index contributed by atoms with van der Waals surface area (Å²) in [7, 11) is 0.